The minimum absolute atomic E-state index is 0.0845. The minimum atomic E-state index is -1.06. The van der Waals surface area contributed by atoms with Gasteiger partial charge in [-0.25, -0.2) is 13.6 Å². The summed E-state index contributed by atoms with van der Waals surface area (Å²) in [4.78, 5) is 39.4. The molecular formula is C25H18BrF2N3O6S. The van der Waals surface area contributed by atoms with E-state index in [1.165, 1.54) is 31.2 Å². The first-order chi connectivity index (χ1) is 18.1. The molecule has 0 bridgehead atoms. The number of benzene rings is 1. The number of carbonyl (C=O) groups excluding carboxylic acids is 2. The molecule has 0 aliphatic rings. The molecule has 38 heavy (non-hydrogen) atoms. The fourth-order valence-electron chi connectivity index (χ4n) is 3.14. The van der Waals surface area contributed by atoms with Crippen LogP contribution in [-0.4, -0.2) is 16.8 Å². The van der Waals surface area contributed by atoms with Gasteiger partial charge in [-0.15, -0.1) is 0 Å². The Balaban J connectivity index is 1.71. The largest absolute Gasteiger partial charge is 0.507 e. The fourth-order valence-corrected chi connectivity index (χ4v) is 4.78. The number of halogens is 3. The van der Waals surface area contributed by atoms with Gasteiger partial charge in [0.25, 0.3) is 0 Å². The molecule has 196 valence electrons. The molecule has 2 aromatic heterocycles. The standard InChI is InChI=1S/C25H18BrF2N3O6S/c1-13(9-20-16(26)12-22(38-20)36-15-7-8-17(27)18(28)10-15)24(34)23-19(32)11-14(37-25(23)35)5-3-2-4-6-21(33)30-31-29/h4,6-12,32H,2-3,5H2,1H3/b6-4+,13-9+. The van der Waals surface area contributed by atoms with Crippen molar-refractivity contribution in [2.45, 2.75) is 26.2 Å². The molecular weight excluding hydrogens is 588 g/mol. The van der Waals surface area contributed by atoms with E-state index >= 15 is 0 Å². The molecule has 0 aliphatic carbocycles. The summed E-state index contributed by atoms with van der Waals surface area (Å²) < 4.78 is 37.8. The first-order valence-electron chi connectivity index (χ1n) is 10.9. The third-order valence-corrected chi connectivity index (χ3v) is 6.79. The Bertz CT molecular complexity index is 1560. The number of aromatic hydroxyl groups is 1. The highest BCUT2D eigenvalue weighted by Crippen LogP contribution is 2.38. The lowest BCUT2D eigenvalue weighted by atomic mass is 10.0. The third kappa shape index (κ3) is 7.48. The number of ether oxygens (including phenoxy) is 1. The van der Waals surface area contributed by atoms with Gasteiger partial charge in [-0.1, -0.05) is 17.4 Å². The van der Waals surface area contributed by atoms with Gasteiger partial charge < -0.3 is 14.3 Å². The molecule has 0 atom stereocenters. The number of azide groups is 1. The van der Waals surface area contributed by atoms with E-state index < -0.39 is 40.3 Å². The van der Waals surface area contributed by atoms with Crippen LogP contribution in [0.3, 0.4) is 0 Å². The van der Waals surface area contributed by atoms with Crippen molar-refractivity contribution in [3.8, 4) is 16.6 Å². The van der Waals surface area contributed by atoms with Crippen molar-refractivity contribution in [3.05, 3.63) is 101 Å². The Kier molecular flexibility index (Phi) is 9.72. The van der Waals surface area contributed by atoms with Crippen LogP contribution in [0, 0.1) is 11.6 Å². The topological polar surface area (TPSA) is 143 Å². The number of aryl methyl sites for hydroxylation is 1. The quantitative estimate of drug-likeness (QED) is 0.0644. The minimum Gasteiger partial charge on any atom is -0.507 e. The average molecular weight is 606 g/mol. The van der Waals surface area contributed by atoms with Crippen molar-refractivity contribution < 1.29 is 32.6 Å². The zero-order chi connectivity index (χ0) is 27.8. The molecule has 0 saturated carbocycles. The molecule has 1 N–H and O–H groups in total. The summed E-state index contributed by atoms with van der Waals surface area (Å²) in [6, 6.07) is 5.88. The highest BCUT2D eigenvalue weighted by Gasteiger charge is 2.21. The van der Waals surface area contributed by atoms with E-state index in [1.54, 1.807) is 6.07 Å². The Morgan fingerprint density at radius 2 is 2.03 bits per heavy atom. The van der Waals surface area contributed by atoms with Crippen molar-refractivity contribution in [1.82, 2.24) is 0 Å². The molecule has 3 aromatic rings. The summed E-state index contributed by atoms with van der Waals surface area (Å²) in [6.07, 6.45) is 5.21. The van der Waals surface area contributed by atoms with Crippen LogP contribution in [0.15, 0.2) is 66.9 Å². The van der Waals surface area contributed by atoms with E-state index in [0.29, 0.717) is 27.3 Å². The number of Topliss-reactive ketones (excluding diaryl/α,β-unsaturated/α-hetero) is 1. The zero-order valence-corrected chi connectivity index (χ0v) is 22.0. The number of amides is 1. The number of allylic oxidation sites excluding steroid dienone is 2. The van der Waals surface area contributed by atoms with Crippen molar-refractivity contribution in [3.63, 3.8) is 0 Å². The molecule has 13 heteroatoms. The Labute approximate surface area is 226 Å². The van der Waals surface area contributed by atoms with Crippen molar-refractivity contribution in [2.75, 3.05) is 0 Å². The van der Waals surface area contributed by atoms with E-state index in [-0.39, 0.29) is 23.5 Å². The van der Waals surface area contributed by atoms with Gasteiger partial charge in [0.2, 0.25) is 5.91 Å². The van der Waals surface area contributed by atoms with Crippen LogP contribution in [0.1, 0.15) is 40.8 Å². The molecule has 9 nitrogen and oxygen atoms in total. The lowest BCUT2D eigenvalue weighted by molar-refractivity contribution is -0.113. The van der Waals surface area contributed by atoms with Gasteiger partial charge in [0.05, 0.1) is 0 Å². The molecule has 3 rings (SSSR count). The van der Waals surface area contributed by atoms with Gasteiger partial charge in [-0.3, -0.25) is 9.59 Å². The lowest BCUT2D eigenvalue weighted by Gasteiger charge is -2.05. The van der Waals surface area contributed by atoms with Crippen molar-refractivity contribution in [1.29, 1.82) is 0 Å². The van der Waals surface area contributed by atoms with Crippen molar-refractivity contribution >= 4 is 45.0 Å². The van der Waals surface area contributed by atoms with Gasteiger partial charge >= 0.3 is 5.63 Å². The van der Waals surface area contributed by atoms with Crippen LogP contribution in [0.25, 0.3) is 16.5 Å². The maximum absolute atomic E-state index is 13.4. The second-order valence-electron chi connectivity index (χ2n) is 7.69. The van der Waals surface area contributed by atoms with Crippen LogP contribution in [0.5, 0.6) is 16.6 Å². The Hall–Kier alpha value is -4.06. The Morgan fingerprint density at radius 3 is 2.71 bits per heavy atom. The van der Waals surface area contributed by atoms with Crippen LogP contribution < -0.4 is 10.4 Å². The molecule has 1 aromatic carbocycles. The number of ketones is 1. The average Bonchev–Trinajstić information content (AvgIpc) is 3.19. The maximum Gasteiger partial charge on any atom is 0.351 e. The van der Waals surface area contributed by atoms with E-state index in [0.717, 1.165) is 29.5 Å². The highest BCUT2D eigenvalue weighted by molar-refractivity contribution is 9.10. The summed E-state index contributed by atoms with van der Waals surface area (Å²) in [5.74, 6) is -3.83. The van der Waals surface area contributed by atoms with Gasteiger partial charge in [-0.2, -0.15) is 0 Å². The van der Waals surface area contributed by atoms with Gasteiger partial charge in [0.15, 0.2) is 22.5 Å². The number of hydrogen-bond donors (Lipinski definition) is 1. The number of nitrogens with zero attached hydrogens (tertiary/aromatic N) is 3. The summed E-state index contributed by atoms with van der Waals surface area (Å²) in [5, 5.41) is 13.6. The van der Waals surface area contributed by atoms with E-state index in [4.69, 9.17) is 14.7 Å². The first-order valence-corrected chi connectivity index (χ1v) is 12.5. The highest BCUT2D eigenvalue weighted by atomic mass is 79.9. The van der Waals surface area contributed by atoms with Crippen LogP contribution >= 0.6 is 27.3 Å². The Morgan fingerprint density at radius 1 is 1.26 bits per heavy atom. The van der Waals surface area contributed by atoms with E-state index in [1.807, 2.05) is 0 Å². The molecule has 0 aliphatic heterocycles. The molecule has 1 amide bonds. The number of unbranched alkanes of at least 4 members (excludes halogenated alkanes) is 1. The second kappa shape index (κ2) is 13.0. The zero-order valence-electron chi connectivity index (χ0n) is 19.6. The van der Waals surface area contributed by atoms with Gasteiger partial charge in [-0.05, 0) is 76.2 Å². The van der Waals surface area contributed by atoms with Gasteiger partial charge in [0, 0.05) is 38.9 Å². The third-order valence-electron chi connectivity index (χ3n) is 4.91. The first kappa shape index (κ1) is 28.5. The molecule has 0 spiro atoms. The molecule has 2 heterocycles. The monoisotopic (exact) mass is 605 g/mol. The maximum atomic E-state index is 13.4. The van der Waals surface area contributed by atoms with Crippen LogP contribution in [0.4, 0.5) is 8.78 Å². The number of thiophene rings is 1. The van der Waals surface area contributed by atoms with E-state index in [9.17, 15) is 28.3 Å². The summed E-state index contributed by atoms with van der Waals surface area (Å²) in [5.41, 5.74) is 6.77. The van der Waals surface area contributed by atoms with E-state index in [2.05, 4.69) is 26.0 Å². The van der Waals surface area contributed by atoms with Crippen LogP contribution in [0.2, 0.25) is 0 Å². The molecule has 0 radical (unpaired) electrons. The summed E-state index contributed by atoms with van der Waals surface area (Å²) >= 11 is 4.45. The summed E-state index contributed by atoms with van der Waals surface area (Å²) in [6.45, 7) is 1.46. The smallest absolute Gasteiger partial charge is 0.351 e. The number of rotatable bonds is 10. The van der Waals surface area contributed by atoms with Crippen LogP contribution in [-0.2, 0) is 11.2 Å². The number of hydrogen-bond acceptors (Lipinski definition) is 7. The second-order valence-corrected chi connectivity index (χ2v) is 9.60. The van der Waals surface area contributed by atoms with Crippen molar-refractivity contribution in [2.24, 2.45) is 5.11 Å². The predicted octanol–water partition coefficient (Wildman–Crippen LogP) is 7.24. The molecule has 0 fully saturated rings. The number of carbonyl (C=O) groups is 2. The summed E-state index contributed by atoms with van der Waals surface area (Å²) in [7, 11) is 0. The fraction of sp³-hybridized carbons (Fsp3) is 0.160. The van der Waals surface area contributed by atoms with Gasteiger partial charge in [0.1, 0.15) is 22.8 Å². The molecule has 0 saturated heterocycles. The predicted molar refractivity (Wildman–Crippen MR) is 139 cm³/mol. The lowest BCUT2D eigenvalue weighted by Crippen LogP contribution is -2.16. The molecule has 0 unspecified atom stereocenters. The SMILES string of the molecule is C/C(=C\c1sc(Oc2ccc(F)c(F)c2)cc1Br)C(=O)c1c(O)cc(CCC/C=C/C(=O)N=[N+]=[N-])oc1=O. The normalized spacial score (nSPS) is 11.4.